The highest BCUT2D eigenvalue weighted by Gasteiger charge is 2.26. The Morgan fingerprint density at radius 1 is 1.38 bits per heavy atom. The van der Waals surface area contributed by atoms with E-state index in [0.717, 1.165) is 51.0 Å². The van der Waals surface area contributed by atoms with E-state index in [4.69, 9.17) is 9.47 Å². The molecule has 0 amide bonds. The van der Waals surface area contributed by atoms with Crippen LogP contribution >= 0.6 is 24.0 Å². The van der Waals surface area contributed by atoms with Crippen molar-refractivity contribution in [2.75, 3.05) is 47.0 Å². The maximum atomic E-state index is 5.75. The third-order valence-electron chi connectivity index (χ3n) is 4.79. The molecule has 0 bridgehead atoms. The van der Waals surface area contributed by atoms with Crippen molar-refractivity contribution in [3.8, 4) is 5.75 Å². The Hall–Kier alpha value is -1.02. The van der Waals surface area contributed by atoms with Crippen LogP contribution in [0.4, 0.5) is 0 Å². The summed E-state index contributed by atoms with van der Waals surface area (Å²) in [6, 6.07) is 8.36. The molecule has 0 saturated carbocycles. The van der Waals surface area contributed by atoms with E-state index in [-0.39, 0.29) is 24.0 Å². The Kier molecular flexibility index (Phi) is 7.61. The molecule has 2 unspecified atom stereocenters. The fourth-order valence-corrected chi connectivity index (χ4v) is 3.57. The lowest BCUT2D eigenvalue weighted by atomic mass is 9.93. The predicted octanol–water partition coefficient (Wildman–Crippen LogP) is 2.71. The van der Waals surface area contributed by atoms with Gasteiger partial charge in [0, 0.05) is 45.6 Å². The number of nitrogens with zero attached hydrogens (tertiary/aromatic N) is 2. The second-order valence-electron chi connectivity index (χ2n) is 6.36. The second-order valence-corrected chi connectivity index (χ2v) is 6.36. The molecule has 1 saturated heterocycles. The number of hydrogen-bond donors (Lipinski definition) is 1. The van der Waals surface area contributed by atoms with Crippen molar-refractivity contribution in [1.29, 1.82) is 0 Å². The van der Waals surface area contributed by atoms with E-state index < -0.39 is 0 Å². The van der Waals surface area contributed by atoms with E-state index in [2.05, 4.69) is 33.4 Å². The van der Waals surface area contributed by atoms with Crippen LogP contribution < -0.4 is 10.1 Å². The minimum atomic E-state index is 0. The van der Waals surface area contributed by atoms with Crippen LogP contribution in [0.2, 0.25) is 0 Å². The number of ether oxygens (including phenoxy) is 2. The zero-order valence-corrected chi connectivity index (χ0v) is 16.9. The highest BCUT2D eigenvalue weighted by atomic mass is 127. The van der Waals surface area contributed by atoms with E-state index in [0.29, 0.717) is 11.8 Å². The molecule has 24 heavy (non-hydrogen) atoms. The summed E-state index contributed by atoms with van der Waals surface area (Å²) >= 11 is 0. The van der Waals surface area contributed by atoms with Gasteiger partial charge in [0.2, 0.25) is 0 Å². The molecule has 0 aliphatic carbocycles. The van der Waals surface area contributed by atoms with E-state index >= 15 is 0 Å². The lowest BCUT2D eigenvalue weighted by Crippen LogP contribution is -2.42. The summed E-state index contributed by atoms with van der Waals surface area (Å²) in [4.78, 5) is 6.81. The second kappa shape index (κ2) is 9.46. The van der Waals surface area contributed by atoms with Crippen molar-refractivity contribution in [3.63, 3.8) is 0 Å². The number of hydrogen-bond acceptors (Lipinski definition) is 3. The van der Waals surface area contributed by atoms with Crippen LogP contribution in [0.15, 0.2) is 29.3 Å². The van der Waals surface area contributed by atoms with Crippen molar-refractivity contribution in [2.24, 2.45) is 10.9 Å². The molecule has 1 aromatic carbocycles. The van der Waals surface area contributed by atoms with Crippen LogP contribution in [0.3, 0.4) is 0 Å². The molecule has 0 aromatic heterocycles. The molecule has 1 N–H and O–H groups in total. The molecule has 1 aromatic rings. The van der Waals surface area contributed by atoms with Crippen molar-refractivity contribution < 1.29 is 9.47 Å². The largest absolute Gasteiger partial charge is 0.493 e. The van der Waals surface area contributed by atoms with Crippen LogP contribution in [0.25, 0.3) is 0 Å². The Bertz CT molecular complexity index is 553. The number of nitrogens with one attached hydrogen (secondary N) is 1. The summed E-state index contributed by atoms with van der Waals surface area (Å²) in [5.41, 5.74) is 1.31. The monoisotopic (exact) mass is 445 g/mol. The molecule has 0 radical (unpaired) electrons. The van der Waals surface area contributed by atoms with Gasteiger partial charge in [-0.2, -0.15) is 0 Å². The van der Waals surface area contributed by atoms with E-state index in [1.54, 1.807) is 7.11 Å². The van der Waals surface area contributed by atoms with Crippen LogP contribution in [0.5, 0.6) is 5.75 Å². The molecule has 2 heterocycles. The third kappa shape index (κ3) is 4.53. The summed E-state index contributed by atoms with van der Waals surface area (Å²) in [5.74, 6) is 3.13. The number of aliphatic imine (C=N–C) groups is 1. The average Bonchev–Trinajstić information content (AvgIpc) is 3.04. The molecule has 5 nitrogen and oxygen atoms in total. The molecular formula is C18H28IN3O2. The molecule has 2 aliphatic rings. The van der Waals surface area contributed by atoms with Crippen LogP contribution in [0.1, 0.15) is 24.3 Å². The molecule has 134 valence electrons. The minimum Gasteiger partial charge on any atom is -0.493 e. The highest BCUT2D eigenvalue weighted by molar-refractivity contribution is 14.0. The number of guanidine groups is 1. The van der Waals surface area contributed by atoms with Gasteiger partial charge in [0.1, 0.15) is 5.75 Å². The lowest BCUT2D eigenvalue weighted by Gasteiger charge is -2.28. The van der Waals surface area contributed by atoms with Crippen LogP contribution in [-0.4, -0.2) is 57.9 Å². The molecule has 0 spiro atoms. The van der Waals surface area contributed by atoms with Crippen molar-refractivity contribution in [3.05, 3.63) is 29.8 Å². The molecule has 2 aliphatic heterocycles. The van der Waals surface area contributed by atoms with E-state index in [1.165, 1.54) is 12.0 Å². The van der Waals surface area contributed by atoms with Gasteiger partial charge in [0.05, 0.1) is 13.2 Å². The Balaban J connectivity index is 0.00000208. The number of methoxy groups -OCH3 is 1. The number of fused-ring (bicyclic) bond motifs is 1. The van der Waals surface area contributed by atoms with Crippen molar-refractivity contribution in [1.82, 2.24) is 10.2 Å². The summed E-state index contributed by atoms with van der Waals surface area (Å²) in [6.45, 7) is 4.61. The van der Waals surface area contributed by atoms with Gasteiger partial charge in [-0.1, -0.05) is 18.2 Å². The first-order valence-electron chi connectivity index (χ1n) is 8.48. The van der Waals surface area contributed by atoms with Gasteiger partial charge in [-0.15, -0.1) is 24.0 Å². The maximum absolute atomic E-state index is 5.75. The third-order valence-corrected chi connectivity index (χ3v) is 4.79. The standard InChI is InChI=1S/C18H27N3O2.HI/c1-19-18(21-9-7-14(12-21)13-22-2)20-11-15-8-10-23-17-6-4-3-5-16(15)17;/h3-6,14-15H,7-13H2,1-2H3,(H,19,20);1H. The first-order chi connectivity index (χ1) is 11.3. The summed E-state index contributed by atoms with van der Waals surface area (Å²) in [5, 5.41) is 3.56. The Labute approximate surface area is 161 Å². The molecular weight excluding hydrogens is 417 g/mol. The first-order valence-corrected chi connectivity index (χ1v) is 8.48. The molecule has 1 fully saturated rings. The number of halogens is 1. The summed E-state index contributed by atoms with van der Waals surface area (Å²) in [6.07, 6.45) is 2.22. The minimum absolute atomic E-state index is 0. The van der Waals surface area contributed by atoms with Gasteiger partial charge < -0.3 is 19.7 Å². The van der Waals surface area contributed by atoms with E-state index in [1.807, 2.05) is 13.1 Å². The fraction of sp³-hybridized carbons (Fsp3) is 0.611. The maximum Gasteiger partial charge on any atom is 0.193 e. The smallest absolute Gasteiger partial charge is 0.193 e. The van der Waals surface area contributed by atoms with E-state index in [9.17, 15) is 0 Å². The number of benzene rings is 1. The topological polar surface area (TPSA) is 46.1 Å². The van der Waals surface area contributed by atoms with Crippen molar-refractivity contribution in [2.45, 2.75) is 18.8 Å². The molecule has 2 atom stereocenters. The van der Waals surface area contributed by atoms with Gasteiger partial charge in [-0.05, 0) is 24.5 Å². The predicted molar refractivity (Wildman–Crippen MR) is 108 cm³/mol. The van der Waals surface area contributed by atoms with Gasteiger partial charge in [-0.25, -0.2) is 0 Å². The van der Waals surface area contributed by atoms with Gasteiger partial charge >= 0.3 is 0 Å². The van der Waals surface area contributed by atoms with Crippen LogP contribution in [-0.2, 0) is 4.74 Å². The molecule has 6 heteroatoms. The number of likely N-dealkylation sites (tertiary alicyclic amines) is 1. The first kappa shape index (κ1) is 19.3. The lowest BCUT2D eigenvalue weighted by molar-refractivity contribution is 0.157. The Morgan fingerprint density at radius 3 is 3.00 bits per heavy atom. The zero-order chi connectivity index (χ0) is 16.1. The normalized spacial score (nSPS) is 23.2. The zero-order valence-electron chi connectivity index (χ0n) is 14.5. The fourth-order valence-electron chi connectivity index (χ4n) is 3.57. The van der Waals surface area contributed by atoms with Crippen LogP contribution in [0, 0.1) is 5.92 Å². The number of rotatable bonds is 4. The Morgan fingerprint density at radius 2 is 2.21 bits per heavy atom. The molecule has 3 rings (SSSR count). The van der Waals surface area contributed by atoms with Gasteiger partial charge in [0.15, 0.2) is 5.96 Å². The van der Waals surface area contributed by atoms with Crippen molar-refractivity contribution >= 4 is 29.9 Å². The summed E-state index contributed by atoms with van der Waals surface area (Å²) < 4.78 is 11.0. The quantitative estimate of drug-likeness (QED) is 0.440. The summed E-state index contributed by atoms with van der Waals surface area (Å²) in [7, 11) is 3.64. The number of para-hydroxylation sites is 1. The highest BCUT2D eigenvalue weighted by Crippen LogP contribution is 2.32. The SMILES string of the molecule is CN=C(NCC1CCOc2ccccc21)N1CCC(COC)C1.I. The average molecular weight is 445 g/mol. The van der Waals surface area contributed by atoms with Gasteiger partial charge in [-0.3, -0.25) is 4.99 Å². The van der Waals surface area contributed by atoms with Gasteiger partial charge in [0.25, 0.3) is 0 Å².